The minimum absolute atomic E-state index is 0.147. The molecule has 1 aliphatic rings. The maximum Gasteiger partial charge on any atom is 0.325 e. The van der Waals surface area contributed by atoms with Crippen LogP contribution >= 0.6 is 23.2 Å². The summed E-state index contributed by atoms with van der Waals surface area (Å²) in [5.74, 6) is -1.34. The smallest absolute Gasteiger partial charge is 0.325 e. The average Bonchev–Trinajstić information content (AvgIpc) is 2.85. The maximum absolute atomic E-state index is 12.9. The van der Waals surface area contributed by atoms with Crippen molar-refractivity contribution in [3.05, 3.63) is 63.6 Å². The van der Waals surface area contributed by atoms with Crippen LogP contribution in [-0.2, 0) is 15.1 Å². The molecule has 0 bridgehead atoms. The third kappa shape index (κ3) is 4.11. The first-order valence-electron chi connectivity index (χ1n) is 8.62. The highest BCUT2D eigenvalue weighted by Crippen LogP contribution is 2.34. The molecule has 9 heteroatoms. The van der Waals surface area contributed by atoms with E-state index in [1.165, 1.54) is 26.0 Å². The van der Waals surface area contributed by atoms with E-state index < -0.39 is 29.9 Å². The van der Waals surface area contributed by atoms with E-state index in [0.29, 0.717) is 21.8 Å². The topological polar surface area (TPSA) is 95.6 Å². The number of rotatable bonds is 5. The maximum atomic E-state index is 12.9. The number of carbonyl (C=O) groups is 4. The van der Waals surface area contributed by atoms with Crippen LogP contribution in [0.3, 0.4) is 0 Å². The third-order valence-electron chi connectivity index (χ3n) is 4.60. The molecule has 2 N–H and O–H groups in total. The molecule has 0 aromatic heterocycles. The largest absolute Gasteiger partial charge is 0.325 e. The van der Waals surface area contributed by atoms with Crippen molar-refractivity contribution in [3.63, 3.8) is 0 Å². The number of ketones is 1. The van der Waals surface area contributed by atoms with Crippen LogP contribution in [0.5, 0.6) is 0 Å². The molecule has 0 saturated carbocycles. The second-order valence-corrected chi connectivity index (χ2v) is 7.60. The first-order valence-corrected chi connectivity index (χ1v) is 9.38. The zero-order valence-corrected chi connectivity index (χ0v) is 17.1. The Morgan fingerprint density at radius 2 is 1.86 bits per heavy atom. The van der Waals surface area contributed by atoms with Crippen LogP contribution in [0.25, 0.3) is 0 Å². The first-order chi connectivity index (χ1) is 13.6. The number of imide groups is 1. The van der Waals surface area contributed by atoms with Crippen molar-refractivity contribution in [1.82, 2.24) is 10.2 Å². The number of halogens is 2. The monoisotopic (exact) mass is 433 g/mol. The summed E-state index contributed by atoms with van der Waals surface area (Å²) < 4.78 is 0. The lowest BCUT2D eigenvalue weighted by atomic mass is 9.92. The molecule has 1 saturated heterocycles. The van der Waals surface area contributed by atoms with Crippen LogP contribution in [0, 0.1) is 0 Å². The molecule has 0 spiro atoms. The van der Waals surface area contributed by atoms with Gasteiger partial charge >= 0.3 is 6.03 Å². The van der Waals surface area contributed by atoms with Crippen molar-refractivity contribution in [1.29, 1.82) is 0 Å². The van der Waals surface area contributed by atoms with Gasteiger partial charge in [0.1, 0.15) is 12.1 Å². The van der Waals surface area contributed by atoms with Crippen LogP contribution in [0.15, 0.2) is 42.5 Å². The van der Waals surface area contributed by atoms with Gasteiger partial charge in [0.15, 0.2) is 5.78 Å². The van der Waals surface area contributed by atoms with E-state index in [1.54, 1.807) is 30.3 Å². The van der Waals surface area contributed by atoms with Gasteiger partial charge in [-0.05, 0) is 38.1 Å². The molecule has 2 aromatic rings. The van der Waals surface area contributed by atoms with Crippen molar-refractivity contribution in [2.75, 3.05) is 11.9 Å². The Kier molecular flexibility index (Phi) is 5.64. The Morgan fingerprint density at radius 1 is 1.14 bits per heavy atom. The molecule has 29 heavy (non-hydrogen) atoms. The van der Waals surface area contributed by atoms with Gasteiger partial charge in [-0.25, -0.2) is 4.79 Å². The van der Waals surface area contributed by atoms with Crippen LogP contribution < -0.4 is 10.6 Å². The number of amides is 4. The lowest BCUT2D eigenvalue weighted by Crippen LogP contribution is -2.42. The molecule has 1 atom stereocenters. The molecule has 2 aromatic carbocycles. The fourth-order valence-corrected chi connectivity index (χ4v) is 3.68. The van der Waals surface area contributed by atoms with E-state index in [1.807, 2.05) is 0 Å². The number of hydrogen-bond donors (Lipinski definition) is 2. The van der Waals surface area contributed by atoms with E-state index in [-0.39, 0.29) is 10.8 Å². The van der Waals surface area contributed by atoms with Gasteiger partial charge in [0.05, 0.1) is 0 Å². The molecule has 150 valence electrons. The van der Waals surface area contributed by atoms with Crippen LogP contribution in [0.4, 0.5) is 10.5 Å². The molecule has 0 radical (unpaired) electrons. The van der Waals surface area contributed by atoms with Gasteiger partial charge in [-0.2, -0.15) is 0 Å². The standard InChI is InChI=1S/C20H17Cl2N3O4/c1-11(26)12-4-3-5-14(8-12)23-17(27)10-25-18(28)20(2,24-19(25)29)15-7-6-13(21)9-16(15)22/h3-9H,10H2,1-2H3,(H,23,27)(H,24,29). The number of benzene rings is 2. The number of nitrogens with one attached hydrogen (secondary N) is 2. The van der Waals surface area contributed by atoms with Crippen LogP contribution in [0.1, 0.15) is 29.8 Å². The SMILES string of the molecule is CC(=O)c1cccc(NC(=O)CN2C(=O)NC(C)(c3ccc(Cl)cc3Cl)C2=O)c1. The van der Waals surface area contributed by atoms with Gasteiger partial charge in [-0.3, -0.25) is 19.3 Å². The van der Waals surface area contributed by atoms with Crippen molar-refractivity contribution in [2.24, 2.45) is 0 Å². The summed E-state index contributed by atoms with van der Waals surface area (Å²) in [5.41, 5.74) is -0.229. The fourth-order valence-electron chi connectivity index (χ4n) is 3.08. The lowest BCUT2D eigenvalue weighted by molar-refractivity contribution is -0.133. The van der Waals surface area contributed by atoms with Gasteiger partial charge in [0.2, 0.25) is 5.91 Å². The van der Waals surface area contributed by atoms with E-state index in [4.69, 9.17) is 23.2 Å². The molecular weight excluding hydrogens is 417 g/mol. The molecule has 1 fully saturated rings. The van der Waals surface area contributed by atoms with E-state index >= 15 is 0 Å². The summed E-state index contributed by atoms with van der Waals surface area (Å²) in [5, 5.41) is 5.78. The van der Waals surface area contributed by atoms with E-state index in [0.717, 1.165) is 4.90 Å². The van der Waals surface area contributed by atoms with Crippen molar-refractivity contribution in [2.45, 2.75) is 19.4 Å². The molecule has 3 rings (SSSR count). The first kappa shape index (κ1) is 20.8. The van der Waals surface area contributed by atoms with E-state index in [2.05, 4.69) is 10.6 Å². The number of anilines is 1. The Bertz CT molecular complexity index is 1040. The van der Waals surface area contributed by atoms with Crippen LogP contribution in [-0.4, -0.2) is 35.1 Å². The summed E-state index contributed by atoms with van der Waals surface area (Å²) in [7, 11) is 0. The van der Waals surface area contributed by atoms with Gasteiger partial charge in [0.25, 0.3) is 5.91 Å². The van der Waals surface area contributed by atoms with Crippen molar-refractivity contribution < 1.29 is 19.2 Å². The molecule has 1 aliphatic heterocycles. The molecule has 7 nitrogen and oxygen atoms in total. The Balaban J connectivity index is 1.77. The summed E-state index contributed by atoms with van der Waals surface area (Å²) >= 11 is 12.1. The zero-order chi connectivity index (χ0) is 21.3. The highest BCUT2D eigenvalue weighted by molar-refractivity contribution is 6.35. The predicted molar refractivity (Wildman–Crippen MR) is 109 cm³/mol. The second kappa shape index (κ2) is 7.85. The molecule has 4 amide bonds. The van der Waals surface area contributed by atoms with Gasteiger partial charge in [-0.15, -0.1) is 0 Å². The minimum Gasteiger partial charge on any atom is -0.325 e. The van der Waals surface area contributed by atoms with Gasteiger partial charge in [-0.1, -0.05) is 41.4 Å². The van der Waals surface area contributed by atoms with Crippen molar-refractivity contribution in [3.8, 4) is 0 Å². The Labute approximate surface area is 177 Å². The summed E-state index contributed by atoms with van der Waals surface area (Å²) in [6.45, 7) is 2.43. The normalized spacial score (nSPS) is 18.6. The van der Waals surface area contributed by atoms with Gasteiger partial charge in [0, 0.05) is 26.9 Å². The summed E-state index contributed by atoms with van der Waals surface area (Å²) in [6, 6.07) is 10.2. The molecular formula is C20H17Cl2N3O4. The highest BCUT2D eigenvalue weighted by Gasteiger charge is 2.50. The molecule has 1 unspecified atom stereocenters. The average molecular weight is 434 g/mol. The summed E-state index contributed by atoms with van der Waals surface area (Å²) in [4.78, 5) is 50.0. The van der Waals surface area contributed by atoms with Crippen molar-refractivity contribution >= 4 is 52.5 Å². The second-order valence-electron chi connectivity index (χ2n) is 6.76. The number of hydrogen-bond acceptors (Lipinski definition) is 4. The van der Waals surface area contributed by atoms with Gasteiger partial charge < -0.3 is 10.6 Å². The number of urea groups is 1. The Morgan fingerprint density at radius 3 is 2.52 bits per heavy atom. The van der Waals surface area contributed by atoms with E-state index in [9.17, 15) is 19.2 Å². The number of Topliss-reactive ketones (excluding diaryl/α,β-unsaturated/α-hetero) is 1. The highest BCUT2D eigenvalue weighted by atomic mass is 35.5. The minimum atomic E-state index is -1.42. The number of nitrogens with zero attached hydrogens (tertiary/aromatic N) is 1. The number of carbonyl (C=O) groups excluding carboxylic acids is 4. The molecule has 1 heterocycles. The van der Waals surface area contributed by atoms with Crippen LogP contribution in [0.2, 0.25) is 10.0 Å². The summed E-state index contributed by atoms with van der Waals surface area (Å²) in [6.07, 6.45) is 0. The predicted octanol–water partition coefficient (Wildman–Crippen LogP) is 3.60. The lowest BCUT2D eigenvalue weighted by Gasteiger charge is -2.23. The fraction of sp³-hybridized carbons (Fsp3) is 0.200. The third-order valence-corrected chi connectivity index (χ3v) is 5.15. The Hall–Kier alpha value is -2.90. The molecule has 0 aliphatic carbocycles. The quantitative estimate of drug-likeness (QED) is 0.555. The zero-order valence-electron chi connectivity index (χ0n) is 15.6.